The van der Waals surface area contributed by atoms with Gasteiger partial charge in [0, 0.05) is 6.42 Å². The summed E-state index contributed by atoms with van der Waals surface area (Å²) in [5.41, 5.74) is 0.230. The first-order valence-electron chi connectivity index (χ1n) is 10.5. The fourth-order valence-corrected chi connectivity index (χ4v) is 3.69. The molecule has 0 saturated carbocycles. The maximum atomic E-state index is 13.3. The molecule has 4 aromatic rings. The van der Waals surface area contributed by atoms with Crippen molar-refractivity contribution in [2.45, 2.75) is 26.1 Å². The van der Waals surface area contributed by atoms with Crippen LogP contribution in [0.4, 0.5) is 13.2 Å². The largest absolute Gasteiger partial charge is 0.494 e. The normalized spacial score (nSPS) is 11.5. The van der Waals surface area contributed by atoms with E-state index in [2.05, 4.69) is 0 Å². The average Bonchev–Trinajstić information content (AvgIpc) is 2.81. The zero-order chi connectivity index (χ0) is 24.5. The van der Waals surface area contributed by atoms with Gasteiger partial charge in [-0.05, 0) is 42.3 Å². The van der Waals surface area contributed by atoms with Crippen molar-refractivity contribution in [1.29, 1.82) is 0 Å². The molecule has 0 aliphatic carbocycles. The second-order valence-corrected chi connectivity index (χ2v) is 8.00. The second kappa shape index (κ2) is 9.05. The Morgan fingerprint density at radius 3 is 2.00 bits per heavy atom. The van der Waals surface area contributed by atoms with Crippen LogP contribution in [-0.2, 0) is 19.1 Å². The fourth-order valence-electron chi connectivity index (χ4n) is 3.69. The molecule has 0 saturated heterocycles. The number of aromatic nitrogens is 2. The maximum absolute atomic E-state index is 13.3. The Hall–Kier alpha value is -4.07. The lowest BCUT2D eigenvalue weighted by atomic mass is 10.0. The minimum absolute atomic E-state index is 0.0132. The number of benzene rings is 3. The van der Waals surface area contributed by atoms with Crippen LogP contribution in [0.1, 0.15) is 27.8 Å². The van der Waals surface area contributed by atoms with Gasteiger partial charge >= 0.3 is 11.9 Å². The van der Waals surface area contributed by atoms with Crippen molar-refractivity contribution in [3.05, 3.63) is 128 Å². The predicted molar refractivity (Wildman–Crippen MR) is 122 cm³/mol. The summed E-state index contributed by atoms with van der Waals surface area (Å²) >= 11 is 0. The molecule has 0 radical (unpaired) electrons. The Morgan fingerprint density at radius 2 is 1.41 bits per heavy atom. The number of aryl methyl sites for hydroxylation is 1. The molecule has 174 valence electrons. The lowest BCUT2D eigenvalue weighted by Crippen LogP contribution is -2.40. The van der Waals surface area contributed by atoms with Crippen molar-refractivity contribution in [1.82, 2.24) is 9.13 Å². The monoisotopic (exact) mass is 466 g/mol. The lowest BCUT2D eigenvalue weighted by Gasteiger charge is -2.16. The number of halogens is 3. The first kappa shape index (κ1) is 23.1. The molecule has 0 unspecified atom stereocenters. The summed E-state index contributed by atoms with van der Waals surface area (Å²) in [6, 6.07) is 20.0. The number of hydrogen-bond acceptors (Lipinski definition) is 3. The number of nitrogens with zero attached hydrogens (tertiary/aromatic N) is 2. The van der Waals surface area contributed by atoms with E-state index in [1.165, 1.54) is 12.1 Å². The van der Waals surface area contributed by atoms with Crippen LogP contribution >= 0.6 is 0 Å². The van der Waals surface area contributed by atoms with E-state index >= 15 is 0 Å². The van der Waals surface area contributed by atoms with Crippen LogP contribution < -0.4 is 11.2 Å². The number of para-hydroxylation sites is 1. The van der Waals surface area contributed by atoms with Crippen molar-refractivity contribution < 1.29 is 18.3 Å². The summed E-state index contributed by atoms with van der Waals surface area (Å²) in [7, 11) is 0. The van der Waals surface area contributed by atoms with Crippen LogP contribution in [0.15, 0.2) is 88.5 Å². The van der Waals surface area contributed by atoms with Crippen molar-refractivity contribution in [3.63, 3.8) is 0 Å². The zero-order valence-corrected chi connectivity index (χ0v) is 18.2. The van der Waals surface area contributed by atoms with Gasteiger partial charge < -0.3 is 5.11 Å². The molecule has 5 nitrogen and oxygen atoms in total. The highest BCUT2D eigenvalue weighted by Gasteiger charge is 2.30. The van der Waals surface area contributed by atoms with Gasteiger partial charge in [0.1, 0.15) is 0 Å². The molecule has 8 heteroatoms. The first-order valence-corrected chi connectivity index (χ1v) is 10.5. The Bertz CT molecular complexity index is 1420. The van der Waals surface area contributed by atoms with Gasteiger partial charge in [0.05, 0.1) is 23.4 Å². The molecule has 0 aliphatic rings. The third-order valence-electron chi connectivity index (χ3n) is 5.55. The third kappa shape index (κ3) is 4.66. The molecule has 1 heterocycles. The van der Waals surface area contributed by atoms with Crippen molar-refractivity contribution in [2.75, 3.05) is 0 Å². The molecule has 0 atom stereocenters. The number of alkyl halides is 3. The van der Waals surface area contributed by atoms with Gasteiger partial charge in [0.15, 0.2) is 0 Å². The quantitative estimate of drug-likeness (QED) is 0.465. The van der Waals surface area contributed by atoms with Crippen LogP contribution in [0.3, 0.4) is 0 Å². The van der Waals surface area contributed by atoms with E-state index in [-0.39, 0.29) is 18.5 Å². The van der Waals surface area contributed by atoms with E-state index in [4.69, 9.17) is 0 Å². The Balaban J connectivity index is 1.86. The summed E-state index contributed by atoms with van der Waals surface area (Å²) in [6.07, 6.45) is -4.41. The minimum atomic E-state index is -4.49. The fraction of sp³-hybridized carbons (Fsp3) is 0.154. The van der Waals surface area contributed by atoms with Crippen LogP contribution in [-0.4, -0.2) is 14.2 Å². The topological polar surface area (TPSA) is 64.2 Å². The van der Waals surface area contributed by atoms with Crippen LogP contribution in [0.25, 0.3) is 5.69 Å². The third-order valence-corrected chi connectivity index (χ3v) is 5.55. The number of rotatable bonds is 5. The molecule has 34 heavy (non-hydrogen) atoms. The molecule has 0 bridgehead atoms. The molecular formula is C26H21F3N2O3. The molecule has 0 fully saturated rings. The summed E-state index contributed by atoms with van der Waals surface area (Å²) < 4.78 is 40.7. The molecule has 0 aliphatic heterocycles. The zero-order valence-electron chi connectivity index (χ0n) is 18.2. The van der Waals surface area contributed by atoms with Gasteiger partial charge in [0.2, 0.25) is 5.88 Å². The van der Waals surface area contributed by atoms with Crippen molar-refractivity contribution in [3.8, 4) is 11.6 Å². The van der Waals surface area contributed by atoms with E-state index in [1.54, 1.807) is 30.3 Å². The highest BCUT2D eigenvalue weighted by molar-refractivity contribution is 5.38. The van der Waals surface area contributed by atoms with Gasteiger partial charge in [-0.25, -0.2) is 9.36 Å². The van der Waals surface area contributed by atoms with Crippen molar-refractivity contribution in [2.24, 2.45) is 0 Å². The minimum Gasteiger partial charge on any atom is -0.494 e. The van der Waals surface area contributed by atoms with Crippen LogP contribution in [0.5, 0.6) is 5.88 Å². The summed E-state index contributed by atoms with van der Waals surface area (Å²) in [5.74, 6) is -0.511. The molecule has 4 rings (SSSR count). The first-order chi connectivity index (χ1) is 16.1. The molecular weight excluding hydrogens is 445 g/mol. The van der Waals surface area contributed by atoms with Gasteiger partial charge in [-0.1, -0.05) is 60.2 Å². The Kier molecular flexibility index (Phi) is 6.15. The standard InChI is InChI=1S/C26H21F3N2O3/c1-17-7-9-18(10-8-17)15-22-23(32)30(16-19-11-13-20(14-12-19)26(27,28)29)25(34)31(24(22)33)21-5-3-2-4-6-21/h2-14,32H,15-16H2,1H3. The van der Waals surface area contributed by atoms with E-state index < -0.39 is 28.9 Å². The predicted octanol–water partition coefficient (Wildman–Crippen LogP) is 4.67. The van der Waals surface area contributed by atoms with E-state index in [0.29, 0.717) is 11.3 Å². The lowest BCUT2D eigenvalue weighted by molar-refractivity contribution is -0.137. The molecule has 3 aromatic carbocycles. The molecule has 1 N–H and O–H groups in total. The van der Waals surface area contributed by atoms with Crippen LogP contribution in [0, 0.1) is 6.92 Å². The number of hydrogen-bond donors (Lipinski definition) is 1. The van der Waals surface area contributed by atoms with E-state index in [0.717, 1.165) is 32.4 Å². The maximum Gasteiger partial charge on any atom is 0.416 e. The molecule has 0 amide bonds. The Morgan fingerprint density at radius 1 is 0.824 bits per heavy atom. The van der Waals surface area contributed by atoms with Crippen molar-refractivity contribution >= 4 is 0 Å². The number of aromatic hydroxyl groups is 1. The SMILES string of the molecule is Cc1ccc(Cc2c(O)n(Cc3ccc(C(F)(F)F)cc3)c(=O)n(-c3ccccc3)c2=O)cc1. The molecule has 1 aromatic heterocycles. The second-order valence-electron chi connectivity index (χ2n) is 8.00. The van der Waals surface area contributed by atoms with Gasteiger partial charge in [-0.3, -0.25) is 9.36 Å². The van der Waals surface area contributed by atoms with E-state index in [9.17, 15) is 27.9 Å². The van der Waals surface area contributed by atoms with Crippen LogP contribution in [0.2, 0.25) is 0 Å². The summed E-state index contributed by atoms with van der Waals surface area (Å²) in [4.78, 5) is 26.6. The summed E-state index contributed by atoms with van der Waals surface area (Å²) in [5, 5.41) is 11.0. The van der Waals surface area contributed by atoms with E-state index in [1.807, 2.05) is 31.2 Å². The Labute approximate surface area is 193 Å². The van der Waals surface area contributed by atoms with Gasteiger partial charge in [0.25, 0.3) is 5.56 Å². The highest BCUT2D eigenvalue weighted by atomic mass is 19.4. The summed E-state index contributed by atoms with van der Waals surface area (Å²) in [6.45, 7) is 1.71. The average molecular weight is 466 g/mol. The molecule has 0 spiro atoms. The smallest absolute Gasteiger partial charge is 0.416 e. The van der Waals surface area contributed by atoms with Gasteiger partial charge in [-0.2, -0.15) is 13.2 Å². The highest BCUT2D eigenvalue weighted by Crippen LogP contribution is 2.29. The van der Waals surface area contributed by atoms with Gasteiger partial charge in [-0.15, -0.1) is 0 Å².